The minimum Gasteiger partial charge on any atom is -0.507 e. The minimum atomic E-state index is -0.882. The molecule has 1 N–H and O–H groups in total. The standard InChI is InChI=1S/C28H28N2O4/c1-17-9-12-19(13-10-17)30-24(21-8-6-7-15-29-21)23(26(32)27(30)33)25(31)20-16-18(28(2,3)4)11-14-22(20)34-5/h6-16,24,31H,1-5H3/b25-23+. The fourth-order valence-corrected chi connectivity index (χ4v) is 4.13. The molecule has 2 aromatic carbocycles. The first kappa shape index (κ1) is 23.2. The molecule has 4 rings (SSSR count). The van der Waals surface area contributed by atoms with Crippen molar-refractivity contribution in [3.05, 3.63) is 94.8 Å². The van der Waals surface area contributed by atoms with Crippen LogP contribution >= 0.6 is 0 Å². The zero-order valence-corrected chi connectivity index (χ0v) is 20.0. The van der Waals surface area contributed by atoms with Crippen molar-refractivity contribution in [2.45, 2.75) is 39.2 Å². The van der Waals surface area contributed by atoms with Crippen molar-refractivity contribution < 1.29 is 19.4 Å². The summed E-state index contributed by atoms with van der Waals surface area (Å²) in [5.74, 6) is -1.36. The first-order valence-corrected chi connectivity index (χ1v) is 11.1. The van der Waals surface area contributed by atoms with E-state index in [-0.39, 0.29) is 16.7 Å². The fraction of sp³-hybridized carbons (Fsp3) is 0.250. The first-order chi connectivity index (χ1) is 16.1. The highest BCUT2D eigenvalue weighted by Crippen LogP contribution is 2.43. The second kappa shape index (κ2) is 8.78. The molecular formula is C28H28N2O4. The zero-order valence-electron chi connectivity index (χ0n) is 20.0. The van der Waals surface area contributed by atoms with Gasteiger partial charge in [0.1, 0.15) is 17.6 Å². The van der Waals surface area contributed by atoms with Gasteiger partial charge in [0, 0.05) is 11.9 Å². The number of aryl methyl sites for hydroxylation is 1. The van der Waals surface area contributed by atoms with Gasteiger partial charge >= 0.3 is 0 Å². The van der Waals surface area contributed by atoms with Gasteiger partial charge in [0.15, 0.2) is 0 Å². The van der Waals surface area contributed by atoms with Crippen LogP contribution in [0.4, 0.5) is 5.69 Å². The molecule has 1 saturated heterocycles. The smallest absolute Gasteiger partial charge is 0.300 e. The van der Waals surface area contributed by atoms with E-state index in [1.807, 2.05) is 31.2 Å². The van der Waals surface area contributed by atoms with Crippen LogP contribution < -0.4 is 9.64 Å². The molecule has 1 aromatic heterocycles. The van der Waals surface area contributed by atoms with Crippen molar-refractivity contribution in [2.24, 2.45) is 0 Å². The van der Waals surface area contributed by atoms with E-state index in [2.05, 4.69) is 25.8 Å². The van der Waals surface area contributed by atoms with Crippen molar-refractivity contribution in [3.8, 4) is 5.75 Å². The number of ether oxygens (including phenoxy) is 1. The maximum absolute atomic E-state index is 13.4. The summed E-state index contributed by atoms with van der Waals surface area (Å²) in [4.78, 5) is 32.5. The number of hydrogen-bond donors (Lipinski definition) is 1. The molecule has 34 heavy (non-hydrogen) atoms. The highest BCUT2D eigenvalue weighted by atomic mass is 16.5. The predicted octanol–water partition coefficient (Wildman–Crippen LogP) is 5.32. The number of carbonyl (C=O) groups excluding carboxylic acids is 2. The lowest BCUT2D eigenvalue weighted by Gasteiger charge is -2.25. The number of methoxy groups -OCH3 is 1. The number of hydrogen-bond acceptors (Lipinski definition) is 5. The number of aliphatic hydroxyl groups excluding tert-OH is 1. The molecule has 1 unspecified atom stereocenters. The number of rotatable bonds is 4. The highest BCUT2D eigenvalue weighted by Gasteiger charge is 2.47. The molecule has 6 nitrogen and oxygen atoms in total. The minimum absolute atomic E-state index is 0.0198. The molecule has 0 bridgehead atoms. The Morgan fingerprint density at radius 2 is 1.74 bits per heavy atom. The molecule has 0 aliphatic carbocycles. The number of benzene rings is 2. The largest absolute Gasteiger partial charge is 0.507 e. The number of pyridine rings is 1. The SMILES string of the molecule is COc1ccc(C(C)(C)C)cc1/C(O)=C1\C(=O)C(=O)N(c2ccc(C)cc2)C1c1ccccn1. The lowest BCUT2D eigenvalue weighted by molar-refractivity contribution is -0.132. The maximum atomic E-state index is 13.4. The van der Waals surface area contributed by atoms with E-state index in [1.165, 1.54) is 12.0 Å². The Bertz CT molecular complexity index is 1270. The summed E-state index contributed by atoms with van der Waals surface area (Å²) in [5, 5.41) is 11.5. The van der Waals surface area contributed by atoms with Gasteiger partial charge in [0.05, 0.1) is 23.9 Å². The van der Waals surface area contributed by atoms with Crippen molar-refractivity contribution >= 4 is 23.1 Å². The highest BCUT2D eigenvalue weighted by molar-refractivity contribution is 6.51. The zero-order chi connectivity index (χ0) is 24.6. The van der Waals surface area contributed by atoms with Crippen LogP contribution in [0.5, 0.6) is 5.75 Å². The number of carbonyl (C=O) groups is 2. The van der Waals surface area contributed by atoms with Crippen molar-refractivity contribution in [2.75, 3.05) is 12.0 Å². The second-order valence-corrected chi connectivity index (χ2v) is 9.42. The monoisotopic (exact) mass is 456 g/mol. The fourth-order valence-electron chi connectivity index (χ4n) is 4.13. The summed E-state index contributed by atoms with van der Waals surface area (Å²) in [7, 11) is 1.50. The molecular weight excluding hydrogens is 428 g/mol. The molecule has 0 spiro atoms. The number of amides is 1. The van der Waals surface area contributed by atoms with Crippen molar-refractivity contribution in [1.29, 1.82) is 0 Å². The Labute approximate surface area is 199 Å². The number of nitrogens with zero attached hydrogens (tertiary/aromatic N) is 2. The summed E-state index contributed by atoms with van der Waals surface area (Å²) in [6.07, 6.45) is 1.60. The molecule has 1 aliphatic rings. The summed E-state index contributed by atoms with van der Waals surface area (Å²) in [6.45, 7) is 8.12. The summed E-state index contributed by atoms with van der Waals surface area (Å²) >= 11 is 0. The third-order valence-corrected chi connectivity index (χ3v) is 6.05. The van der Waals surface area contributed by atoms with E-state index < -0.39 is 17.7 Å². The van der Waals surface area contributed by atoms with Gasteiger partial charge in [-0.25, -0.2) is 0 Å². The lowest BCUT2D eigenvalue weighted by atomic mass is 9.85. The van der Waals surface area contributed by atoms with Crippen LogP contribution in [-0.4, -0.2) is 28.9 Å². The average Bonchev–Trinajstić information content (AvgIpc) is 3.09. The summed E-state index contributed by atoms with van der Waals surface area (Å²) in [5.41, 5.74) is 3.16. The molecule has 0 radical (unpaired) electrons. The summed E-state index contributed by atoms with van der Waals surface area (Å²) < 4.78 is 5.50. The predicted molar refractivity (Wildman–Crippen MR) is 132 cm³/mol. The number of Topliss-reactive ketones (excluding diaryl/α,β-unsaturated/α-hetero) is 1. The molecule has 1 atom stereocenters. The van der Waals surface area contributed by atoms with Crippen LogP contribution in [0, 0.1) is 6.92 Å². The van der Waals surface area contributed by atoms with Gasteiger partial charge in [-0.15, -0.1) is 0 Å². The maximum Gasteiger partial charge on any atom is 0.300 e. The van der Waals surface area contributed by atoms with E-state index in [0.29, 0.717) is 22.7 Å². The van der Waals surface area contributed by atoms with Gasteiger partial charge in [0.25, 0.3) is 11.7 Å². The number of aromatic nitrogens is 1. The van der Waals surface area contributed by atoms with E-state index in [4.69, 9.17) is 4.74 Å². The number of ketones is 1. The first-order valence-electron chi connectivity index (χ1n) is 11.1. The van der Waals surface area contributed by atoms with Crippen LogP contribution in [0.2, 0.25) is 0 Å². The number of aliphatic hydroxyl groups is 1. The van der Waals surface area contributed by atoms with Gasteiger partial charge in [-0.1, -0.05) is 50.6 Å². The number of anilines is 1. The molecule has 1 aliphatic heterocycles. The van der Waals surface area contributed by atoms with Crippen LogP contribution in [0.25, 0.3) is 5.76 Å². The molecule has 6 heteroatoms. The van der Waals surface area contributed by atoms with Crippen LogP contribution in [0.3, 0.4) is 0 Å². The van der Waals surface area contributed by atoms with Crippen molar-refractivity contribution in [3.63, 3.8) is 0 Å². The molecule has 3 aromatic rings. The van der Waals surface area contributed by atoms with Gasteiger partial charge in [-0.3, -0.25) is 19.5 Å². The topological polar surface area (TPSA) is 79.7 Å². The van der Waals surface area contributed by atoms with Gasteiger partial charge < -0.3 is 9.84 Å². The van der Waals surface area contributed by atoms with Crippen molar-refractivity contribution in [1.82, 2.24) is 4.98 Å². The van der Waals surface area contributed by atoms with Crippen LogP contribution in [-0.2, 0) is 15.0 Å². The van der Waals surface area contributed by atoms with Gasteiger partial charge in [0.2, 0.25) is 0 Å². The van der Waals surface area contributed by atoms with Crippen LogP contribution in [0.15, 0.2) is 72.4 Å². The Kier molecular flexibility index (Phi) is 6.00. The Balaban J connectivity index is 1.98. The molecule has 2 heterocycles. The normalized spacial score (nSPS) is 17.8. The Morgan fingerprint density at radius 3 is 2.32 bits per heavy atom. The molecule has 1 amide bonds. The van der Waals surface area contributed by atoms with E-state index >= 15 is 0 Å². The molecule has 1 fully saturated rings. The quantitative estimate of drug-likeness (QED) is 0.326. The molecule has 174 valence electrons. The van der Waals surface area contributed by atoms with E-state index in [1.54, 1.807) is 42.6 Å². The second-order valence-electron chi connectivity index (χ2n) is 9.42. The lowest BCUT2D eigenvalue weighted by Crippen LogP contribution is -2.29. The Morgan fingerprint density at radius 1 is 1.03 bits per heavy atom. The van der Waals surface area contributed by atoms with Crippen LogP contribution in [0.1, 0.15) is 49.2 Å². The third-order valence-electron chi connectivity index (χ3n) is 6.05. The van der Waals surface area contributed by atoms with Gasteiger partial charge in [-0.2, -0.15) is 0 Å². The Hall–Kier alpha value is -3.93. The van der Waals surface area contributed by atoms with Gasteiger partial charge in [-0.05, 0) is 54.3 Å². The average molecular weight is 457 g/mol. The van der Waals surface area contributed by atoms with E-state index in [9.17, 15) is 14.7 Å². The third kappa shape index (κ3) is 4.07. The molecule has 0 saturated carbocycles. The van der Waals surface area contributed by atoms with E-state index in [0.717, 1.165) is 11.1 Å². The summed E-state index contributed by atoms with van der Waals surface area (Å²) in [6, 6.07) is 17.2.